The molecule has 1 aliphatic heterocycles. The minimum Gasteiger partial charge on any atom is -0.325 e. The Morgan fingerprint density at radius 3 is 2.48 bits per heavy atom. The lowest BCUT2D eigenvalue weighted by Crippen LogP contribution is -2.35. The summed E-state index contributed by atoms with van der Waals surface area (Å²) in [5.41, 5.74) is 0.150. The number of piperidine rings is 1. The lowest BCUT2D eigenvalue weighted by molar-refractivity contribution is -0.115. The molecule has 2 heterocycles. The summed E-state index contributed by atoms with van der Waals surface area (Å²) in [6, 6.07) is 6.16. The van der Waals surface area contributed by atoms with Crippen LogP contribution in [0.25, 0.3) is 0 Å². The van der Waals surface area contributed by atoms with Crippen molar-refractivity contribution in [3.8, 4) is 0 Å². The summed E-state index contributed by atoms with van der Waals surface area (Å²) in [5, 5.41) is 2.41. The van der Waals surface area contributed by atoms with Crippen LogP contribution >= 0.6 is 11.8 Å². The summed E-state index contributed by atoms with van der Waals surface area (Å²) in [5.74, 6) is -2.45. The maximum atomic E-state index is 13.3. The number of thioether (sulfide) groups is 1. The molecule has 1 amide bonds. The van der Waals surface area contributed by atoms with Crippen LogP contribution in [0.5, 0.6) is 0 Å². The summed E-state index contributed by atoms with van der Waals surface area (Å²) in [7, 11) is -3.56. The van der Waals surface area contributed by atoms with E-state index in [0.29, 0.717) is 18.1 Å². The normalized spacial score (nSPS) is 16.4. The van der Waals surface area contributed by atoms with Gasteiger partial charge in [-0.05, 0) is 44.0 Å². The molecular weight excluding hydrogens is 420 g/mol. The van der Waals surface area contributed by atoms with Gasteiger partial charge in [-0.25, -0.2) is 22.2 Å². The molecule has 1 fully saturated rings. The van der Waals surface area contributed by atoms with Crippen molar-refractivity contribution in [3.63, 3.8) is 0 Å². The van der Waals surface area contributed by atoms with E-state index in [1.165, 1.54) is 22.6 Å². The quantitative estimate of drug-likeness (QED) is 0.693. The molecule has 0 bridgehead atoms. The van der Waals surface area contributed by atoms with E-state index in [4.69, 9.17) is 0 Å². The molecule has 29 heavy (non-hydrogen) atoms. The van der Waals surface area contributed by atoms with E-state index in [9.17, 15) is 22.0 Å². The molecule has 1 aromatic carbocycles. The van der Waals surface area contributed by atoms with Crippen molar-refractivity contribution < 1.29 is 22.0 Å². The molecule has 1 atom stereocenters. The fourth-order valence-corrected chi connectivity index (χ4v) is 5.15. The van der Waals surface area contributed by atoms with Crippen LogP contribution < -0.4 is 5.32 Å². The number of carbonyl (C=O) groups excluding carboxylic acids is 1. The van der Waals surface area contributed by atoms with Gasteiger partial charge in [0.2, 0.25) is 15.9 Å². The van der Waals surface area contributed by atoms with Gasteiger partial charge < -0.3 is 5.32 Å². The van der Waals surface area contributed by atoms with Crippen LogP contribution in [0.15, 0.2) is 46.5 Å². The summed E-state index contributed by atoms with van der Waals surface area (Å²) >= 11 is 1.13. The Labute approximate surface area is 172 Å². The molecule has 0 saturated carbocycles. The third-order valence-electron chi connectivity index (χ3n) is 4.52. The average molecular weight is 442 g/mol. The Kier molecular flexibility index (Phi) is 6.86. The SMILES string of the molecule is CC(Sc1ccc(S(=O)(=O)N2CCCCC2)cn1)C(=O)Nc1ccc(F)c(F)c1. The highest BCUT2D eigenvalue weighted by molar-refractivity contribution is 8.00. The van der Waals surface area contributed by atoms with Crippen molar-refractivity contribution in [1.82, 2.24) is 9.29 Å². The van der Waals surface area contributed by atoms with Crippen molar-refractivity contribution in [2.45, 2.75) is 41.4 Å². The van der Waals surface area contributed by atoms with E-state index in [0.717, 1.165) is 43.2 Å². The van der Waals surface area contributed by atoms with Crippen LogP contribution in [-0.4, -0.2) is 42.0 Å². The number of aromatic nitrogens is 1. The van der Waals surface area contributed by atoms with Gasteiger partial charge in [0.05, 0.1) is 10.3 Å². The maximum absolute atomic E-state index is 13.3. The van der Waals surface area contributed by atoms with Crippen LogP contribution in [0.1, 0.15) is 26.2 Å². The van der Waals surface area contributed by atoms with E-state index in [2.05, 4.69) is 10.3 Å². The first kappa shape index (κ1) is 21.7. The fourth-order valence-electron chi connectivity index (χ4n) is 2.90. The first-order valence-corrected chi connectivity index (χ1v) is 11.5. The molecule has 0 spiro atoms. The number of hydrogen-bond acceptors (Lipinski definition) is 5. The highest BCUT2D eigenvalue weighted by Gasteiger charge is 2.26. The van der Waals surface area contributed by atoms with Crippen molar-refractivity contribution in [2.75, 3.05) is 18.4 Å². The lowest BCUT2D eigenvalue weighted by atomic mass is 10.2. The topological polar surface area (TPSA) is 79.4 Å². The molecular formula is C19H21F2N3O3S2. The van der Waals surface area contributed by atoms with Crippen molar-refractivity contribution in [2.24, 2.45) is 0 Å². The lowest BCUT2D eigenvalue weighted by Gasteiger charge is -2.25. The molecule has 0 radical (unpaired) electrons. The smallest absolute Gasteiger partial charge is 0.244 e. The monoisotopic (exact) mass is 441 g/mol. The van der Waals surface area contributed by atoms with Gasteiger partial charge in [0.25, 0.3) is 0 Å². The second-order valence-corrected chi connectivity index (χ2v) is 9.97. The number of pyridine rings is 1. The van der Waals surface area contributed by atoms with Gasteiger partial charge in [-0.3, -0.25) is 4.79 Å². The molecule has 10 heteroatoms. The van der Waals surface area contributed by atoms with Crippen LogP contribution in [0.2, 0.25) is 0 Å². The number of nitrogens with zero attached hydrogens (tertiary/aromatic N) is 2. The third kappa shape index (κ3) is 5.31. The molecule has 2 aromatic rings. The van der Waals surface area contributed by atoms with E-state index in [1.54, 1.807) is 13.0 Å². The minimum atomic E-state index is -3.56. The van der Waals surface area contributed by atoms with E-state index in [-0.39, 0.29) is 10.6 Å². The molecule has 1 aliphatic rings. The molecule has 1 N–H and O–H groups in total. The Hall–Kier alpha value is -2.04. The number of sulfonamides is 1. The van der Waals surface area contributed by atoms with Crippen molar-refractivity contribution in [1.29, 1.82) is 0 Å². The maximum Gasteiger partial charge on any atom is 0.244 e. The number of carbonyl (C=O) groups is 1. The summed E-state index contributed by atoms with van der Waals surface area (Å²) in [6.45, 7) is 2.67. The predicted molar refractivity (Wildman–Crippen MR) is 107 cm³/mol. The summed E-state index contributed by atoms with van der Waals surface area (Å²) in [4.78, 5) is 16.6. The second-order valence-electron chi connectivity index (χ2n) is 6.68. The molecule has 0 aliphatic carbocycles. The number of nitrogens with one attached hydrogen (secondary N) is 1. The van der Waals surface area contributed by atoms with Crippen LogP contribution in [0.4, 0.5) is 14.5 Å². The van der Waals surface area contributed by atoms with Gasteiger partial charge in [0.1, 0.15) is 4.90 Å². The van der Waals surface area contributed by atoms with E-state index >= 15 is 0 Å². The molecule has 3 rings (SSSR count). The largest absolute Gasteiger partial charge is 0.325 e. The number of rotatable bonds is 6. The highest BCUT2D eigenvalue weighted by Crippen LogP contribution is 2.25. The number of halogens is 2. The molecule has 6 nitrogen and oxygen atoms in total. The third-order valence-corrected chi connectivity index (χ3v) is 7.45. The summed E-state index contributed by atoms with van der Waals surface area (Å²) < 4.78 is 53.0. The molecule has 1 saturated heterocycles. The van der Waals surface area contributed by atoms with Crippen LogP contribution in [0.3, 0.4) is 0 Å². The Balaban J connectivity index is 1.62. The van der Waals surface area contributed by atoms with Crippen molar-refractivity contribution in [3.05, 3.63) is 48.2 Å². The van der Waals surface area contributed by atoms with Gasteiger partial charge in [-0.1, -0.05) is 18.2 Å². The number of amides is 1. The zero-order valence-corrected chi connectivity index (χ0v) is 17.4. The van der Waals surface area contributed by atoms with Gasteiger partial charge in [0.15, 0.2) is 11.6 Å². The fraction of sp³-hybridized carbons (Fsp3) is 0.368. The Morgan fingerprint density at radius 2 is 1.86 bits per heavy atom. The zero-order valence-electron chi connectivity index (χ0n) is 15.8. The molecule has 156 valence electrons. The number of anilines is 1. The van der Waals surface area contributed by atoms with Crippen molar-refractivity contribution >= 4 is 33.4 Å². The zero-order chi connectivity index (χ0) is 21.0. The van der Waals surface area contributed by atoms with Crippen LogP contribution in [0, 0.1) is 11.6 Å². The average Bonchev–Trinajstić information content (AvgIpc) is 2.72. The van der Waals surface area contributed by atoms with E-state index in [1.807, 2.05) is 0 Å². The second kappa shape index (κ2) is 9.19. The first-order valence-electron chi connectivity index (χ1n) is 9.16. The predicted octanol–water partition coefficient (Wildman–Crippen LogP) is 3.65. The van der Waals surface area contributed by atoms with Gasteiger partial charge >= 0.3 is 0 Å². The summed E-state index contributed by atoms with van der Waals surface area (Å²) in [6.07, 6.45) is 4.03. The number of benzene rings is 1. The molecule has 1 unspecified atom stereocenters. The molecule has 1 aromatic heterocycles. The minimum absolute atomic E-state index is 0.127. The standard InChI is InChI=1S/C19H21F2N3O3S2/c1-13(19(25)23-14-5-7-16(20)17(21)11-14)28-18-8-6-15(12-22-18)29(26,27)24-9-3-2-4-10-24/h5-8,11-13H,2-4,9-10H2,1H3,(H,23,25). The first-order chi connectivity index (χ1) is 13.8. The van der Waals surface area contributed by atoms with Gasteiger partial charge in [-0.2, -0.15) is 4.31 Å². The van der Waals surface area contributed by atoms with Crippen LogP contribution in [-0.2, 0) is 14.8 Å². The van der Waals surface area contributed by atoms with E-state index < -0.39 is 32.8 Å². The number of hydrogen-bond donors (Lipinski definition) is 1. The van der Waals surface area contributed by atoms with Gasteiger partial charge in [-0.15, -0.1) is 0 Å². The Morgan fingerprint density at radius 1 is 1.14 bits per heavy atom. The Bertz CT molecular complexity index is 979. The van der Waals surface area contributed by atoms with Gasteiger partial charge in [0, 0.05) is 31.0 Å². The highest BCUT2D eigenvalue weighted by atomic mass is 32.2.